The van der Waals surface area contributed by atoms with Crippen LogP contribution in [0.25, 0.3) is 22.3 Å². The fraction of sp³-hybridized carbons (Fsp3) is 0.208. The van der Waals surface area contributed by atoms with Gasteiger partial charge in [-0.25, -0.2) is 4.98 Å². The standard InChI is InChI=1S/C24H19ClF2N4O4/c1-13-11-34-12-21-30-20-9-14(8-18(22(20)31(13)21)19-10-16(32)6-7-28-19)23(33)29-15-2-4-17(5-3-15)35-24(25,26)27/h2-10,13H,11-12H2,1H3,(H,28,32)(H,29,33)/t13-/m1/s1. The molecule has 0 unspecified atom stereocenters. The first-order valence-electron chi connectivity index (χ1n) is 10.7. The van der Waals surface area contributed by atoms with Crippen molar-refractivity contribution in [2.75, 3.05) is 11.9 Å². The van der Waals surface area contributed by atoms with Gasteiger partial charge in [0.05, 0.1) is 29.4 Å². The number of aromatic nitrogens is 3. The molecule has 35 heavy (non-hydrogen) atoms. The van der Waals surface area contributed by atoms with Crippen molar-refractivity contribution in [1.82, 2.24) is 14.5 Å². The molecule has 11 heteroatoms. The van der Waals surface area contributed by atoms with E-state index in [4.69, 9.17) is 16.3 Å². The number of amides is 1. The van der Waals surface area contributed by atoms with Gasteiger partial charge in [0.25, 0.3) is 5.91 Å². The summed E-state index contributed by atoms with van der Waals surface area (Å²) in [6.07, 6.45) is 1.55. The Morgan fingerprint density at radius 1 is 1.26 bits per heavy atom. The zero-order valence-electron chi connectivity index (χ0n) is 18.3. The van der Waals surface area contributed by atoms with E-state index in [0.717, 1.165) is 11.3 Å². The van der Waals surface area contributed by atoms with E-state index in [2.05, 4.69) is 24.6 Å². The van der Waals surface area contributed by atoms with E-state index < -0.39 is 11.5 Å². The first-order chi connectivity index (χ1) is 16.7. The fourth-order valence-electron chi connectivity index (χ4n) is 4.13. The van der Waals surface area contributed by atoms with E-state index in [1.165, 1.54) is 36.4 Å². The smallest absolute Gasteiger partial charge is 0.420 e. The number of halogens is 3. The largest absolute Gasteiger partial charge is 0.487 e. The number of anilines is 1. The van der Waals surface area contributed by atoms with E-state index in [0.29, 0.717) is 41.2 Å². The highest BCUT2D eigenvalue weighted by molar-refractivity contribution is 6.20. The summed E-state index contributed by atoms with van der Waals surface area (Å²) in [5.41, 5.74) is -0.791. The van der Waals surface area contributed by atoms with Crippen molar-refractivity contribution in [2.45, 2.75) is 25.1 Å². The molecule has 0 aliphatic carbocycles. The van der Waals surface area contributed by atoms with E-state index in [-0.39, 0.29) is 17.2 Å². The summed E-state index contributed by atoms with van der Waals surface area (Å²) < 4.78 is 37.6. The Kier molecular flexibility index (Phi) is 5.78. The lowest BCUT2D eigenvalue weighted by atomic mass is 10.0. The number of nitrogens with zero attached hydrogens (tertiary/aromatic N) is 2. The maximum Gasteiger partial charge on any atom is 0.487 e. The predicted molar refractivity (Wildman–Crippen MR) is 126 cm³/mol. The van der Waals surface area contributed by atoms with Crippen LogP contribution in [0.4, 0.5) is 14.5 Å². The first kappa shape index (κ1) is 23.0. The van der Waals surface area contributed by atoms with Crippen molar-refractivity contribution >= 4 is 34.2 Å². The van der Waals surface area contributed by atoms with Crippen LogP contribution in [0, 0.1) is 0 Å². The van der Waals surface area contributed by atoms with Crippen molar-refractivity contribution in [3.8, 4) is 17.0 Å². The Balaban J connectivity index is 1.54. The van der Waals surface area contributed by atoms with Gasteiger partial charge in [-0.1, -0.05) is 0 Å². The number of imidazole rings is 1. The monoisotopic (exact) mass is 500 g/mol. The van der Waals surface area contributed by atoms with Gasteiger partial charge in [0, 0.05) is 46.7 Å². The van der Waals surface area contributed by atoms with Gasteiger partial charge < -0.3 is 24.3 Å². The van der Waals surface area contributed by atoms with Crippen LogP contribution in [0.2, 0.25) is 0 Å². The Morgan fingerprint density at radius 2 is 2.03 bits per heavy atom. The van der Waals surface area contributed by atoms with Crippen molar-refractivity contribution in [2.24, 2.45) is 0 Å². The van der Waals surface area contributed by atoms with Crippen LogP contribution >= 0.6 is 11.6 Å². The molecule has 2 aromatic heterocycles. The van der Waals surface area contributed by atoms with Gasteiger partial charge in [-0.3, -0.25) is 9.59 Å². The molecule has 8 nitrogen and oxygen atoms in total. The van der Waals surface area contributed by atoms with Crippen LogP contribution in [0.15, 0.2) is 59.5 Å². The highest BCUT2D eigenvalue weighted by atomic mass is 35.5. The average Bonchev–Trinajstić information content (AvgIpc) is 3.18. The summed E-state index contributed by atoms with van der Waals surface area (Å²) in [4.78, 5) is 32.9. The molecule has 0 spiro atoms. The molecule has 0 bridgehead atoms. The number of aromatic amines is 1. The molecule has 1 amide bonds. The van der Waals surface area contributed by atoms with Crippen LogP contribution in [-0.2, 0) is 11.3 Å². The molecule has 1 aliphatic rings. The maximum atomic E-state index is 13.1. The highest BCUT2D eigenvalue weighted by Crippen LogP contribution is 2.34. The predicted octanol–water partition coefficient (Wildman–Crippen LogP) is 4.90. The average molecular weight is 501 g/mol. The summed E-state index contributed by atoms with van der Waals surface area (Å²) in [6, 6.07) is 11.6. The van der Waals surface area contributed by atoms with Crippen molar-refractivity contribution in [3.63, 3.8) is 0 Å². The maximum absolute atomic E-state index is 13.1. The fourth-order valence-corrected chi connectivity index (χ4v) is 4.22. The van der Waals surface area contributed by atoms with Gasteiger partial charge in [-0.15, -0.1) is 8.78 Å². The van der Waals surface area contributed by atoms with Gasteiger partial charge in [-0.05, 0) is 43.3 Å². The zero-order valence-corrected chi connectivity index (χ0v) is 19.1. The summed E-state index contributed by atoms with van der Waals surface area (Å²) in [6.45, 7) is 2.86. The number of fused-ring (bicyclic) bond motifs is 3. The van der Waals surface area contributed by atoms with Gasteiger partial charge in [-0.2, -0.15) is 0 Å². The number of carbonyl (C=O) groups excluding carboxylic acids is 1. The first-order valence-corrected chi connectivity index (χ1v) is 11.0. The highest BCUT2D eigenvalue weighted by Gasteiger charge is 2.28. The van der Waals surface area contributed by atoms with E-state index in [9.17, 15) is 18.4 Å². The number of H-pyrrole nitrogens is 1. The Labute approximate surface area is 202 Å². The molecule has 0 radical (unpaired) electrons. The number of ether oxygens (including phenoxy) is 2. The molecule has 0 fully saturated rings. The van der Waals surface area contributed by atoms with Crippen LogP contribution < -0.4 is 15.5 Å². The molecule has 1 atom stereocenters. The van der Waals surface area contributed by atoms with Gasteiger partial charge in [0.2, 0.25) is 0 Å². The number of hydrogen-bond acceptors (Lipinski definition) is 5. The number of alkyl halides is 3. The number of benzene rings is 2. The second-order valence-electron chi connectivity index (χ2n) is 8.12. The third-order valence-corrected chi connectivity index (χ3v) is 5.64. The topological polar surface area (TPSA) is 98.2 Å². The lowest BCUT2D eigenvalue weighted by Crippen LogP contribution is -2.21. The molecule has 180 valence electrons. The third kappa shape index (κ3) is 4.75. The minimum Gasteiger partial charge on any atom is -0.420 e. The molecule has 5 rings (SSSR count). The van der Waals surface area contributed by atoms with Crippen molar-refractivity contribution in [1.29, 1.82) is 0 Å². The summed E-state index contributed by atoms with van der Waals surface area (Å²) in [5, 5.41) is 2.73. The molecule has 3 heterocycles. The third-order valence-electron chi connectivity index (χ3n) is 5.56. The van der Waals surface area contributed by atoms with Gasteiger partial charge >= 0.3 is 5.57 Å². The SMILES string of the molecule is C[C@@H]1COCc2nc3cc(C(=O)Nc4ccc(OC(F)(F)Cl)cc4)cc(-c4cc(=O)cc[nH]4)c3n21. The number of rotatable bonds is 5. The quantitative estimate of drug-likeness (QED) is 0.380. The summed E-state index contributed by atoms with van der Waals surface area (Å²) in [5.74, 6) is 0.125. The molecular formula is C24H19ClF2N4O4. The van der Waals surface area contributed by atoms with Crippen LogP contribution in [0.5, 0.6) is 5.75 Å². The van der Waals surface area contributed by atoms with E-state index in [1.54, 1.807) is 18.3 Å². The van der Waals surface area contributed by atoms with E-state index >= 15 is 0 Å². The van der Waals surface area contributed by atoms with Gasteiger partial charge in [0.1, 0.15) is 18.2 Å². The molecule has 4 aromatic rings. The molecule has 2 aromatic carbocycles. The molecule has 0 saturated heterocycles. The minimum absolute atomic E-state index is 0.0127. The Morgan fingerprint density at radius 3 is 2.74 bits per heavy atom. The molecular weight excluding hydrogens is 482 g/mol. The minimum atomic E-state index is -3.83. The normalized spacial score (nSPS) is 15.6. The number of hydrogen-bond donors (Lipinski definition) is 2. The second-order valence-corrected chi connectivity index (χ2v) is 8.56. The van der Waals surface area contributed by atoms with E-state index in [1.807, 2.05) is 6.92 Å². The van der Waals surface area contributed by atoms with Crippen LogP contribution in [0.3, 0.4) is 0 Å². The second kappa shape index (κ2) is 8.79. The number of nitrogens with one attached hydrogen (secondary N) is 2. The lowest BCUT2D eigenvalue weighted by Gasteiger charge is -2.23. The Hall–Kier alpha value is -3.76. The zero-order chi connectivity index (χ0) is 24.7. The van der Waals surface area contributed by atoms with Gasteiger partial charge in [0.15, 0.2) is 5.43 Å². The molecule has 1 aliphatic heterocycles. The lowest BCUT2D eigenvalue weighted by molar-refractivity contribution is -0.0964. The van der Waals surface area contributed by atoms with Crippen LogP contribution in [0.1, 0.15) is 29.1 Å². The Bertz CT molecular complexity index is 1480. The molecule has 0 saturated carbocycles. The summed E-state index contributed by atoms with van der Waals surface area (Å²) >= 11 is 4.78. The molecule has 2 N–H and O–H groups in total. The van der Waals surface area contributed by atoms with Crippen molar-refractivity contribution < 1.29 is 23.0 Å². The number of carbonyl (C=O) groups is 1. The summed E-state index contributed by atoms with van der Waals surface area (Å²) in [7, 11) is 0. The van der Waals surface area contributed by atoms with Crippen molar-refractivity contribution in [3.05, 3.63) is 76.3 Å². The van der Waals surface area contributed by atoms with Crippen LogP contribution in [-0.4, -0.2) is 32.6 Å². The number of pyridine rings is 1.